The molecule has 1 heterocycles. The van der Waals surface area contributed by atoms with Gasteiger partial charge in [0.2, 0.25) is 23.0 Å². The second-order valence-electron chi connectivity index (χ2n) is 11.6. The molecule has 0 bridgehead atoms. The summed E-state index contributed by atoms with van der Waals surface area (Å²) in [6, 6.07) is 10.6. The van der Waals surface area contributed by atoms with Crippen LogP contribution in [0.1, 0.15) is 50.8 Å². The van der Waals surface area contributed by atoms with E-state index in [1.807, 2.05) is 26.0 Å². The standard InChI is InChI=1S/C35H40N4O8/c1-7-18(2)32(35(43)37-21-9-12-26-28(15-21)47-17-30(42)38-26)39-25-13-10-22-23(16-27(25)41)24(36-19(3)40)11-8-20-14-29(44-4)33(45-5)34(46-6)31(20)22/h9-10,12-16,18,24,32H,7-8,11,17H2,1-6H3,(H,36,40)(H,37,43)(H,38,42)(H,39,41). The number of anilines is 3. The predicted molar refractivity (Wildman–Crippen MR) is 179 cm³/mol. The van der Waals surface area contributed by atoms with Crippen molar-refractivity contribution in [3.8, 4) is 34.1 Å². The molecule has 3 amide bonds. The van der Waals surface area contributed by atoms with Crippen molar-refractivity contribution in [3.63, 3.8) is 0 Å². The monoisotopic (exact) mass is 644 g/mol. The van der Waals surface area contributed by atoms with Gasteiger partial charge in [-0.1, -0.05) is 26.3 Å². The van der Waals surface area contributed by atoms with E-state index in [2.05, 4.69) is 21.3 Å². The molecule has 12 nitrogen and oxygen atoms in total. The summed E-state index contributed by atoms with van der Waals surface area (Å²) in [7, 11) is 4.63. The Bertz CT molecular complexity index is 1780. The molecule has 0 saturated heterocycles. The number of methoxy groups -OCH3 is 3. The fraction of sp³-hybridized carbons (Fsp3) is 0.371. The first-order valence-corrected chi connectivity index (χ1v) is 15.5. The number of aryl methyl sites for hydroxylation is 1. The number of hydrogen-bond acceptors (Lipinski definition) is 9. The van der Waals surface area contributed by atoms with Gasteiger partial charge in [0.25, 0.3) is 5.91 Å². The summed E-state index contributed by atoms with van der Waals surface area (Å²) in [4.78, 5) is 51.6. The summed E-state index contributed by atoms with van der Waals surface area (Å²) in [6.45, 7) is 5.23. The Morgan fingerprint density at radius 2 is 1.79 bits per heavy atom. The van der Waals surface area contributed by atoms with Gasteiger partial charge in [0, 0.05) is 24.2 Å². The molecule has 0 fully saturated rings. The van der Waals surface area contributed by atoms with Crippen LogP contribution in [0, 0.1) is 5.92 Å². The van der Waals surface area contributed by atoms with E-state index in [1.165, 1.54) is 20.1 Å². The third kappa shape index (κ3) is 6.81. The summed E-state index contributed by atoms with van der Waals surface area (Å²) in [5.74, 6) is 0.844. The van der Waals surface area contributed by atoms with Crippen LogP contribution in [-0.2, 0) is 20.8 Å². The highest BCUT2D eigenvalue weighted by Gasteiger charge is 2.31. The highest BCUT2D eigenvalue weighted by atomic mass is 16.5. The normalized spacial score (nSPS) is 16.0. The van der Waals surface area contributed by atoms with Crippen molar-refractivity contribution in [2.75, 3.05) is 43.9 Å². The first-order valence-electron chi connectivity index (χ1n) is 15.5. The topological polar surface area (TPSA) is 153 Å². The number of carbonyl (C=O) groups excluding carboxylic acids is 3. The Morgan fingerprint density at radius 1 is 1.02 bits per heavy atom. The van der Waals surface area contributed by atoms with E-state index >= 15 is 0 Å². The van der Waals surface area contributed by atoms with Gasteiger partial charge in [0.05, 0.1) is 38.7 Å². The number of ether oxygens (including phenoxy) is 4. The molecular formula is C35H40N4O8. The van der Waals surface area contributed by atoms with Crippen LogP contribution in [0.2, 0.25) is 0 Å². The summed E-state index contributed by atoms with van der Waals surface area (Å²) < 4.78 is 22.6. The number of nitrogens with one attached hydrogen (secondary N) is 4. The second-order valence-corrected chi connectivity index (χ2v) is 11.6. The van der Waals surface area contributed by atoms with Crippen LogP contribution in [0.5, 0.6) is 23.0 Å². The van der Waals surface area contributed by atoms with E-state index in [1.54, 1.807) is 38.5 Å². The van der Waals surface area contributed by atoms with Crippen molar-refractivity contribution in [2.24, 2.45) is 5.92 Å². The molecule has 47 heavy (non-hydrogen) atoms. The lowest BCUT2D eigenvalue weighted by atomic mass is 9.95. The van der Waals surface area contributed by atoms with Crippen LogP contribution in [0.3, 0.4) is 0 Å². The van der Waals surface area contributed by atoms with Gasteiger partial charge in [-0.2, -0.15) is 0 Å². The van der Waals surface area contributed by atoms with Crippen LogP contribution in [0.25, 0.3) is 11.1 Å². The minimum absolute atomic E-state index is 0.109. The zero-order chi connectivity index (χ0) is 33.8. The molecule has 0 aromatic heterocycles. The van der Waals surface area contributed by atoms with E-state index in [9.17, 15) is 19.2 Å². The van der Waals surface area contributed by atoms with Crippen molar-refractivity contribution in [3.05, 3.63) is 63.8 Å². The van der Waals surface area contributed by atoms with Gasteiger partial charge in [-0.05, 0) is 65.8 Å². The molecule has 4 N–H and O–H groups in total. The third-order valence-corrected chi connectivity index (χ3v) is 8.60. The summed E-state index contributed by atoms with van der Waals surface area (Å²) in [6.07, 6.45) is 1.76. The largest absolute Gasteiger partial charge is 0.493 e. The fourth-order valence-electron chi connectivity index (χ4n) is 6.07. The Morgan fingerprint density at radius 3 is 2.47 bits per heavy atom. The molecule has 2 aliphatic rings. The van der Waals surface area contributed by atoms with E-state index in [4.69, 9.17) is 18.9 Å². The molecule has 3 aromatic carbocycles. The highest BCUT2D eigenvalue weighted by Crippen LogP contribution is 2.50. The maximum absolute atomic E-state index is 13.9. The second kappa shape index (κ2) is 14.0. The maximum Gasteiger partial charge on any atom is 0.262 e. The van der Waals surface area contributed by atoms with Crippen molar-refractivity contribution in [2.45, 2.75) is 52.1 Å². The van der Waals surface area contributed by atoms with E-state index in [0.29, 0.717) is 64.8 Å². The molecule has 248 valence electrons. The lowest BCUT2D eigenvalue weighted by Crippen LogP contribution is -2.40. The smallest absolute Gasteiger partial charge is 0.262 e. The van der Waals surface area contributed by atoms with Crippen LogP contribution in [0.15, 0.2) is 47.3 Å². The molecule has 0 radical (unpaired) electrons. The molecule has 1 aliphatic carbocycles. The summed E-state index contributed by atoms with van der Waals surface area (Å²) in [5, 5.41) is 11.9. The molecule has 1 aliphatic heterocycles. The minimum Gasteiger partial charge on any atom is -0.493 e. The van der Waals surface area contributed by atoms with Crippen molar-refractivity contribution < 1.29 is 33.3 Å². The van der Waals surface area contributed by atoms with E-state index in [0.717, 1.165) is 11.1 Å². The molecule has 5 rings (SSSR count). The number of benzene rings is 2. The SMILES string of the molecule is CCC(C)C(Nc1ccc2c(cc1=O)C(NC(C)=O)CCc1cc(OC)c(OC)c(OC)c1-2)C(=O)Nc1ccc2c(c1)OCC(=O)N2. The van der Waals surface area contributed by atoms with Crippen LogP contribution < -0.4 is 45.6 Å². The van der Waals surface area contributed by atoms with Gasteiger partial charge in [0.1, 0.15) is 11.8 Å². The number of amides is 3. The minimum atomic E-state index is -0.774. The molecule has 3 aromatic rings. The van der Waals surface area contributed by atoms with Crippen LogP contribution >= 0.6 is 0 Å². The Kier molecular flexibility index (Phi) is 9.88. The van der Waals surface area contributed by atoms with Gasteiger partial charge >= 0.3 is 0 Å². The lowest BCUT2D eigenvalue weighted by Gasteiger charge is -2.24. The van der Waals surface area contributed by atoms with Crippen molar-refractivity contribution >= 4 is 34.8 Å². The van der Waals surface area contributed by atoms with Gasteiger partial charge in [-0.15, -0.1) is 0 Å². The van der Waals surface area contributed by atoms with Crippen LogP contribution in [0.4, 0.5) is 17.1 Å². The summed E-state index contributed by atoms with van der Waals surface area (Å²) in [5.41, 5.74) is 3.83. The number of hydrogen-bond donors (Lipinski definition) is 4. The average molecular weight is 645 g/mol. The molecule has 12 heteroatoms. The first-order chi connectivity index (χ1) is 22.6. The van der Waals surface area contributed by atoms with Crippen molar-refractivity contribution in [1.29, 1.82) is 0 Å². The van der Waals surface area contributed by atoms with Gasteiger partial charge in [-0.3, -0.25) is 19.2 Å². The van der Waals surface area contributed by atoms with Gasteiger partial charge in [-0.25, -0.2) is 0 Å². The molecule has 0 saturated carbocycles. The zero-order valence-electron chi connectivity index (χ0n) is 27.4. The zero-order valence-corrected chi connectivity index (χ0v) is 27.4. The molecular weight excluding hydrogens is 604 g/mol. The first kappa shape index (κ1) is 33.1. The lowest BCUT2D eigenvalue weighted by molar-refractivity contribution is -0.120. The maximum atomic E-state index is 13.9. The predicted octanol–water partition coefficient (Wildman–Crippen LogP) is 4.66. The quantitative estimate of drug-likeness (QED) is 0.247. The van der Waals surface area contributed by atoms with Gasteiger partial charge in [0.15, 0.2) is 18.1 Å². The number of fused-ring (bicyclic) bond motifs is 4. The Hall–Kier alpha value is -5.26. The fourth-order valence-corrected chi connectivity index (χ4v) is 6.07. The van der Waals surface area contributed by atoms with Crippen molar-refractivity contribution in [1.82, 2.24) is 5.32 Å². The molecule has 0 spiro atoms. The molecule has 3 unspecified atom stereocenters. The number of rotatable bonds is 10. The third-order valence-electron chi connectivity index (χ3n) is 8.60. The highest BCUT2D eigenvalue weighted by molar-refractivity contribution is 5.99. The number of carbonyl (C=O) groups is 3. The Labute approximate surface area is 273 Å². The molecule has 3 atom stereocenters. The van der Waals surface area contributed by atoms with Crippen LogP contribution in [-0.4, -0.2) is 51.7 Å². The van der Waals surface area contributed by atoms with Gasteiger partial charge < -0.3 is 40.2 Å². The van der Waals surface area contributed by atoms with E-state index < -0.39 is 12.1 Å². The average Bonchev–Trinajstić information content (AvgIpc) is 3.30. The van der Waals surface area contributed by atoms with E-state index in [-0.39, 0.29) is 41.4 Å². The summed E-state index contributed by atoms with van der Waals surface area (Å²) >= 11 is 0. The Balaban J connectivity index is 1.56.